The van der Waals surface area contributed by atoms with Crippen LogP contribution in [0, 0.1) is 11.8 Å². The normalized spacial score (nSPS) is 15.1. The summed E-state index contributed by atoms with van der Waals surface area (Å²) in [4.78, 5) is 109. The highest BCUT2D eigenvalue weighted by Gasteiger charge is 2.34. The van der Waals surface area contributed by atoms with E-state index in [2.05, 4.69) is 42.5 Å². The molecule has 16 nitrogen and oxygen atoms in total. The maximum atomic E-state index is 14.3. The van der Waals surface area contributed by atoms with Crippen molar-refractivity contribution in [3.63, 3.8) is 0 Å². The second kappa shape index (κ2) is 34.7. The van der Waals surface area contributed by atoms with E-state index >= 15 is 0 Å². The molecule has 6 atom stereocenters. The topological polar surface area (TPSA) is 233 Å². The molecule has 2 aliphatic heterocycles. The van der Waals surface area contributed by atoms with Gasteiger partial charge in [-0.05, 0) is 155 Å². The first kappa shape index (κ1) is 70.6. The molecule has 2 saturated heterocycles. The first-order chi connectivity index (χ1) is 48.6. The van der Waals surface area contributed by atoms with Crippen molar-refractivity contribution >= 4 is 90.1 Å². The van der Waals surface area contributed by atoms with E-state index in [9.17, 15) is 38.4 Å². The molecule has 0 aromatic heterocycles. The second-order valence-corrected chi connectivity index (χ2v) is 26.6. The summed E-state index contributed by atoms with van der Waals surface area (Å²) in [6.45, 7) is 5.89. The molecule has 12 rings (SSSR count). The van der Waals surface area contributed by atoms with Crippen LogP contribution in [0.25, 0.3) is 43.1 Å². The van der Waals surface area contributed by atoms with Crippen LogP contribution >= 0.6 is 0 Å². The van der Waals surface area contributed by atoms with E-state index in [1.54, 1.807) is 0 Å². The largest absolute Gasteiger partial charge is 0.344 e. The number of hydrogen-bond donors (Lipinski definition) is 8. The fourth-order valence-electron chi connectivity index (χ4n) is 13.4. The van der Waals surface area contributed by atoms with Crippen LogP contribution in [0.15, 0.2) is 231 Å². The average Bonchev–Trinajstić information content (AvgIpc) is 1.00. The van der Waals surface area contributed by atoms with Crippen LogP contribution in [-0.4, -0.2) is 109 Å². The maximum absolute atomic E-state index is 14.3. The van der Waals surface area contributed by atoms with Gasteiger partial charge in [-0.3, -0.25) is 38.4 Å². The molecule has 6 unspecified atom stereocenters. The van der Waals surface area contributed by atoms with Crippen LogP contribution in [0.5, 0.6) is 0 Å². The van der Waals surface area contributed by atoms with Gasteiger partial charge in [-0.2, -0.15) is 0 Å². The monoisotopic (exact) mass is 1340 g/mol. The molecular formula is C84H88N8O8. The number of carbonyl (C=O) groups is 8. The average molecular weight is 1340 g/mol. The number of piperidine rings is 2. The minimum absolute atomic E-state index is 0.164. The molecule has 0 spiro atoms. The van der Waals surface area contributed by atoms with Gasteiger partial charge in [-0.25, -0.2) is 0 Å². The van der Waals surface area contributed by atoms with E-state index in [0.717, 1.165) is 103 Å². The van der Waals surface area contributed by atoms with Gasteiger partial charge < -0.3 is 42.5 Å². The summed E-state index contributed by atoms with van der Waals surface area (Å²) in [7, 11) is 0. The lowest BCUT2D eigenvalue weighted by molar-refractivity contribution is -0.134. The Morgan fingerprint density at radius 3 is 0.780 bits per heavy atom. The van der Waals surface area contributed by atoms with Crippen LogP contribution in [0.4, 0.5) is 0 Å². The lowest BCUT2D eigenvalue weighted by Crippen LogP contribution is -2.57. The lowest BCUT2D eigenvalue weighted by Gasteiger charge is -2.27. The Bertz CT molecular complexity index is 4230. The molecule has 0 bridgehead atoms. The molecule has 0 radical (unpaired) electrons. The van der Waals surface area contributed by atoms with Crippen LogP contribution < -0.4 is 42.5 Å². The molecule has 512 valence electrons. The molecule has 0 saturated carbocycles. The number of carbonyl (C=O) groups excluding carboxylic acids is 8. The number of amides is 6. The summed E-state index contributed by atoms with van der Waals surface area (Å²) in [5.41, 5.74) is 5.33. The Morgan fingerprint density at radius 2 is 0.510 bits per heavy atom. The maximum Gasteiger partial charge on any atom is 0.243 e. The van der Waals surface area contributed by atoms with E-state index in [1.807, 2.05) is 231 Å². The molecular weight excluding hydrogens is 1250 g/mol. The van der Waals surface area contributed by atoms with Gasteiger partial charge in [-0.1, -0.05) is 231 Å². The third-order valence-corrected chi connectivity index (χ3v) is 19.1. The van der Waals surface area contributed by atoms with E-state index < -0.39 is 59.9 Å². The van der Waals surface area contributed by atoms with Crippen molar-refractivity contribution in [1.29, 1.82) is 0 Å². The zero-order valence-corrected chi connectivity index (χ0v) is 56.7. The number of ketones is 2. The lowest BCUT2D eigenvalue weighted by atomic mass is 9.95. The summed E-state index contributed by atoms with van der Waals surface area (Å²) in [6.07, 6.45) is 4.32. The Labute approximate surface area is 584 Å². The van der Waals surface area contributed by atoms with E-state index in [4.69, 9.17) is 0 Å². The molecule has 8 N–H and O–H groups in total. The highest BCUT2D eigenvalue weighted by Crippen LogP contribution is 2.24. The third kappa shape index (κ3) is 19.8. The highest BCUT2D eigenvalue weighted by molar-refractivity contribution is 5.97. The summed E-state index contributed by atoms with van der Waals surface area (Å²) in [6, 6.07) is 69.6. The summed E-state index contributed by atoms with van der Waals surface area (Å²) >= 11 is 0. The Hall–Kier alpha value is -10.7. The molecule has 0 aliphatic carbocycles. The Morgan fingerprint density at radius 1 is 0.280 bits per heavy atom. The molecule has 6 amide bonds. The fourth-order valence-corrected chi connectivity index (χ4v) is 13.4. The van der Waals surface area contributed by atoms with Gasteiger partial charge in [0.2, 0.25) is 35.4 Å². The number of fused-ring (bicyclic) bond motifs is 4. The number of Topliss-reactive ketones (excluding diaryl/α,β-unsaturated/α-hetero) is 2. The Balaban J connectivity index is 0.000000202. The number of benzene rings is 10. The number of rotatable bonds is 26. The van der Waals surface area contributed by atoms with Crippen LogP contribution in [0.3, 0.4) is 0 Å². The molecule has 2 fully saturated rings. The smallest absolute Gasteiger partial charge is 0.243 e. The van der Waals surface area contributed by atoms with Gasteiger partial charge in [0.1, 0.15) is 24.2 Å². The third-order valence-electron chi connectivity index (χ3n) is 19.1. The molecule has 10 aromatic rings. The molecule has 10 aromatic carbocycles. The van der Waals surface area contributed by atoms with Crippen molar-refractivity contribution in [2.24, 2.45) is 11.8 Å². The van der Waals surface area contributed by atoms with Crippen molar-refractivity contribution < 1.29 is 38.4 Å². The standard InChI is InChI=1S/2C42H44N4O4/c2*1-28(47)37(25-29-9-3-2-4-10-29)44-41(49)39(27-31-16-18-33-12-6-8-14-36(33)24-31)46-42(50)38(45-40(48)34-19-21-43-22-20-34)26-30-15-17-32-11-5-7-13-35(32)23-30/h2*2-18,23-24,34,37-39,43H,19-22,25-27H2,1H3,(H,44,49)(H,45,48)(H,46,50). The quantitative estimate of drug-likeness (QED) is 0.0256. The van der Waals surface area contributed by atoms with Crippen LogP contribution in [0.2, 0.25) is 0 Å². The van der Waals surface area contributed by atoms with Crippen molar-refractivity contribution in [2.75, 3.05) is 26.2 Å². The first-order valence-corrected chi connectivity index (χ1v) is 34.9. The Kier molecular flexibility index (Phi) is 24.5. The molecule has 2 aliphatic rings. The molecule has 100 heavy (non-hydrogen) atoms. The minimum atomic E-state index is -1.00. The SMILES string of the molecule is CC(=O)C(Cc1ccccc1)NC(=O)C(Cc1ccc2ccccc2c1)NC(=O)C(Cc1ccc2ccccc2c1)NC(=O)C1CCNCC1.CC(=O)C(Cc1ccccc1)NC(=O)C(Cc1ccc2ccccc2c1)NC(=O)C(Cc1ccc2ccccc2c1)NC(=O)C1CCNCC1. The second-order valence-electron chi connectivity index (χ2n) is 26.6. The van der Waals surface area contributed by atoms with Crippen molar-refractivity contribution in [3.8, 4) is 0 Å². The first-order valence-electron chi connectivity index (χ1n) is 34.9. The zero-order chi connectivity index (χ0) is 69.7. The molecule has 2 heterocycles. The summed E-state index contributed by atoms with van der Waals surface area (Å²) in [5, 5.41) is 32.9. The van der Waals surface area contributed by atoms with Gasteiger partial charge in [0.25, 0.3) is 0 Å². The van der Waals surface area contributed by atoms with E-state index in [1.165, 1.54) is 13.8 Å². The number of hydrogen-bond acceptors (Lipinski definition) is 10. The van der Waals surface area contributed by atoms with Gasteiger partial charge >= 0.3 is 0 Å². The minimum Gasteiger partial charge on any atom is -0.344 e. The van der Waals surface area contributed by atoms with Gasteiger partial charge in [0.15, 0.2) is 11.6 Å². The van der Waals surface area contributed by atoms with Gasteiger partial charge in [-0.15, -0.1) is 0 Å². The summed E-state index contributed by atoms with van der Waals surface area (Å²) < 4.78 is 0. The predicted molar refractivity (Wildman–Crippen MR) is 395 cm³/mol. The fraction of sp³-hybridized carbons (Fsp3) is 0.286. The van der Waals surface area contributed by atoms with Gasteiger partial charge in [0.05, 0.1) is 12.1 Å². The van der Waals surface area contributed by atoms with Crippen molar-refractivity contribution in [2.45, 2.75) is 114 Å². The van der Waals surface area contributed by atoms with E-state index in [-0.39, 0.29) is 60.9 Å². The van der Waals surface area contributed by atoms with Gasteiger partial charge in [0, 0.05) is 37.5 Å². The van der Waals surface area contributed by atoms with Crippen LogP contribution in [0.1, 0.15) is 72.9 Å². The number of nitrogens with one attached hydrogen (secondary N) is 8. The highest BCUT2D eigenvalue weighted by atomic mass is 16.2. The predicted octanol–water partition coefficient (Wildman–Crippen LogP) is 10.1. The van der Waals surface area contributed by atoms with E-state index in [0.29, 0.717) is 38.5 Å². The summed E-state index contributed by atoms with van der Waals surface area (Å²) in [5.74, 6) is -2.92. The van der Waals surface area contributed by atoms with Crippen molar-refractivity contribution in [3.05, 3.63) is 264 Å². The molecule has 16 heteroatoms. The zero-order valence-electron chi connectivity index (χ0n) is 56.7. The van der Waals surface area contributed by atoms with Crippen molar-refractivity contribution in [1.82, 2.24) is 42.5 Å². The van der Waals surface area contributed by atoms with Crippen LogP contribution in [-0.2, 0) is 76.9 Å².